The van der Waals surface area contributed by atoms with Crippen molar-refractivity contribution in [3.8, 4) is 0 Å². The Labute approximate surface area is 121 Å². The molecule has 0 aliphatic carbocycles. The first-order chi connectivity index (χ1) is 9.56. The van der Waals surface area contributed by atoms with Gasteiger partial charge in [0.2, 0.25) is 5.91 Å². The van der Waals surface area contributed by atoms with E-state index in [0.29, 0.717) is 6.42 Å². The second-order valence-corrected chi connectivity index (χ2v) is 5.78. The third-order valence-electron chi connectivity index (χ3n) is 3.97. The van der Waals surface area contributed by atoms with Crippen LogP contribution in [0.2, 0.25) is 0 Å². The van der Waals surface area contributed by atoms with Crippen LogP contribution in [0.4, 0.5) is 5.69 Å². The highest BCUT2D eigenvalue weighted by Gasteiger charge is 2.19. The molecule has 4 heteroatoms. The summed E-state index contributed by atoms with van der Waals surface area (Å²) in [4.78, 5) is 16.2. The van der Waals surface area contributed by atoms with E-state index in [0.717, 1.165) is 32.4 Å². The molecule has 0 saturated carbocycles. The summed E-state index contributed by atoms with van der Waals surface area (Å²) in [6.45, 7) is 1.64. The Hall–Kier alpha value is -1.55. The molecule has 0 bridgehead atoms. The lowest BCUT2D eigenvalue weighted by Crippen LogP contribution is -2.42. The van der Waals surface area contributed by atoms with Crippen molar-refractivity contribution in [2.75, 3.05) is 32.1 Å². The van der Waals surface area contributed by atoms with Gasteiger partial charge in [-0.15, -0.1) is 0 Å². The lowest BCUT2D eigenvalue weighted by molar-refractivity contribution is -0.132. The zero-order valence-electron chi connectivity index (χ0n) is 12.5. The van der Waals surface area contributed by atoms with E-state index in [-0.39, 0.29) is 11.9 Å². The summed E-state index contributed by atoms with van der Waals surface area (Å²) in [6, 6.07) is 8.68. The number of anilines is 1. The Balaban J connectivity index is 1.81. The van der Waals surface area contributed by atoms with Gasteiger partial charge in [0.25, 0.3) is 0 Å². The predicted octanol–water partition coefficient (Wildman–Crippen LogP) is 1.63. The SMILES string of the molecule is CN(C)c1ccc(CCC(=O)N2CCC(N)CC2)cc1. The van der Waals surface area contributed by atoms with E-state index in [1.54, 1.807) is 0 Å². The molecule has 0 aromatic heterocycles. The van der Waals surface area contributed by atoms with Crippen LogP contribution >= 0.6 is 0 Å². The van der Waals surface area contributed by atoms with Gasteiger partial charge < -0.3 is 15.5 Å². The third kappa shape index (κ3) is 3.97. The van der Waals surface area contributed by atoms with Gasteiger partial charge in [0, 0.05) is 45.3 Å². The van der Waals surface area contributed by atoms with E-state index in [2.05, 4.69) is 29.2 Å². The maximum absolute atomic E-state index is 12.1. The highest BCUT2D eigenvalue weighted by molar-refractivity contribution is 5.76. The molecule has 20 heavy (non-hydrogen) atoms. The number of carbonyl (C=O) groups excluding carboxylic acids is 1. The van der Waals surface area contributed by atoms with Crippen LogP contribution in [0.5, 0.6) is 0 Å². The molecule has 2 N–H and O–H groups in total. The highest BCUT2D eigenvalue weighted by atomic mass is 16.2. The van der Waals surface area contributed by atoms with Gasteiger partial charge >= 0.3 is 0 Å². The van der Waals surface area contributed by atoms with Crippen LogP contribution in [0.3, 0.4) is 0 Å². The normalized spacial score (nSPS) is 16.2. The number of amides is 1. The average Bonchev–Trinajstić information content (AvgIpc) is 2.46. The van der Waals surface area contributed by atoms with E-state index >= 15 is 0 Å². The Morgan fingerprint density at radius 3 is 2.40 bits per heavy atom. The molecule has 4 nitrogen and oxygen atoms in total. The number of piperidine rings is 1. The first kappa shape index (κ1) is 14.9. The number of nitrogens with two attached hydrogens (primary N) is 1. The van der Waals surface area contributed by atoms with Crippen molar-refractivity contribution in [3.63, 3.8) is 0 Å². The quantitative estimate of drug-likeness (QED) is 0.908. The molecular weight excluding hydrogens is 250 g/mol. The summed E-state index contributed by atoms with van der Waals surface area (Å²) >= 11 is 0. The smallest absolute Gasteiger partial charge is 0.222 e. The van der Waals surface area contributed by atoms with Crippen molar-refractivity contribution in [1.29, 1.82) is 0 Å². The zero-order chi connectivity index (χ0) is 14.5. The topological polar surface area (TPSA) is 49.6 Å². The Kier molecular flexibility index (Phi) is 5.01. The molecule has 2 rings (SSSR count). The molecule has 1 fully saturated rings. The van der Waals surface area contributed by atoms with E-state index in [4.69, 9.17) is 5.73 Å². The maximum atomic E-state index is 12.1. The molecule has 0 radical (unpaired) electrons. The number of hydrogen-bond donors (Lipinski definition) is 1. The fourth-order valence-electron chi connectivity index (χ4n) is 2.52. The fraction of sp³-hybridized carbons (Fsp3) is 0.562. The molecule has 0 atom stereocenters. The van der Waals surface area contributed by atoms with Crippen LogP contribution in [0.25, 0.3) is 0 Å². The second-order valence-electron chi connectivity index (χ2n) is 5.78. The van der Waals surface area contributed by atoms with Gasteiger partial charge in [0.1, 0.15) is 0 Å². The molecule has 1 saturated heterocycles. The number of rotatable bonds is 4. The molecule has 110 valence electrons. The van der Waals surface area contributed by atoms with Gasteiger partial charge in [0.05, 0.1) is 0 Å². The largest absolute Gasteiger partial charge is 0.378 e. The number of carbonyl (C=O) groups is 1. The van der Waals surface area contributed by atoms with Crippen LogP contribution in [0.15, 0.2) is 24.3 Å². The first-order valence-electron chi connectivity index (χ1n) is 7.36. The first-order valence-corrected chi connectivity index (χ1v) is 7.36. The van der Waals surface area contributed by atoms with Crippen molar-refractivity contribution in [1.82, 2.24) is 4.90 Å². The van der Waals surface area contributed by atoms with Gasteiger partial charge in [-0.25, -0.2) is 0 Å². The van der Waals surface area contributed by atoms with Gasteiger partial charge in [0.15, 0.2) is 0 Å². The minimum atomic E-state index is 0.258. The van der Waals surface area contributed by atoms with Crippen molar-refractivity contribution in [2.24, 2.45) is 5.73 Å². The van der Waals surface area contributed by atoms with Crippen LogP contribution in [0, 0.1) is 0 Å². The number of aryl methyl sites for hydroxylation is 1. The second kappa shape index (κ2) is 6.75. The zero-order valence-corrected chi connectivity index (χ0v) is 12.5. The summed E-state index contributed by atoms with van der Waals surface area (Å²) in [6.07, 6.45) is 3.28. The molecule has 1 aromatic carbocycles. The molecule has 1 aromatic rings. The van der Waals surface area contributed by atoms with Crippen molar-refractivity contribution < 1.29 is 4.79 Å². The Bertz CT molecular complexity index is 434. The molecule has 1 amide bonds. The predicted molar refractivity (Wildman–Crippen MR) is 82.9 cm³/mol. The Morgan fingerprint density at radius 2 is 1.85 bits per heavy atom. The van der Waals surface area contributed by atoms with Crippen LogP contribution < -0.4 is 10.6 Å². The monoisotopic (exact) mass is 275 g/mol. The van der Waals surface area contributed by atoms with Gasteiger partial charge in [-0.2, -0.15) is 0 Å². The maximum Gasteiger partial charge on any atom is 0.222 e. The fourth-order valence-corrected chi connectivity index (χ4v) is 2.52. The molecular formula is C16H25N3O. The summed E-state index contributed by atoms with van der Waals surface area (Å²) in [5.41, 5.74) is 8.26. The van der Waals surface area contributed by atoms with Crippen molar-refractivity contribution >= 4 is 11.6 Å². The Morgan fingerprint density at radius 1 is 1.25 bits per heavy atom. The lowest BCUT2D eigenvalue weighted by Gasteiger charge is -2.30. The lowest BCUT2D eigenvalue weighted by atomic mass is 10.0. The van der Waals surface area contributed by atoms with Gasteiger partial charge in [-0.3, -0.25) is 4.79 Å². The average molecular weight is 275 g/mol. The molecule has 0 unspecified atom stereocenters. The van der Waals surface area contributed by atoms with E-state index in [1.165, 1.54) is 11.3 Å². The number of benzene rings is 1. The standard InChI is InChI=1S/C16H25N3O/c1-18(2)15-6-3-13(4-7-15)5-8-16(20)19-11-9-14(17)10-12-19/h3-4,6-7,14H,5,8-12,17H2,1-2H3. The molecule has 1 aliphatic heterocycles. The van der Waals surface area contributed by atoms with Crippen LogP contribution in [-0.2, 0) is 11.2 Å². The highest BCUT2D eigenvalue weighted by Crippen LogP contribution is 2.15. The summed E-state index contributed by atoms with van der Waals surface area (Å²) in [5.74, 6) is 0.258. The van der Waals surface area contributed by atoms with E-state index in [1.807, 2.05) is 19.0 Å². The van der Waals surface area contributed by atoms with E-state index < -0.39 is 0 Å². The third-order valence-corrected chi connectivity index (χ3v) is 3.97. The summed E-state index contributed by atoms with van der Waals surface area (Å²) in [5, 5.41) is 0. The number of nitrogens with zero attached hydrogens (tertiary/aromatic N) is 2. The van der Waals surface area contributed by atoms with Crippen molar-refractivity contribution in [2.45, 2.75) is 31.7 Å². The van der Waals surface area contributed by atoms with Crippen LogP contribution in [0.1, 0.15) is 24.8 Å². The van der Waals surface area contributed by atoms with Gasteiger partial charge in [-0.1, -0.05) is 12.1 Å². The number of likely N-dealkylation sites (tertiary alicyclic amines) is 1. The minimum Gasteiger partial charge on any atom is -0.378 e. The molecule has 1 heterocycles. The van der Waals surface area contributed by atoms with E-state index in [9.17, 15) is 4.79 Å². The minimum absolute atomic E-state index is 0.258. The summed E-state index contributed by atoms with van der Waals surface area (Å²) in [7, 11) is 4.05. The summed E-state index contributed by atoms with van der Waals surface area (Å²) < 4.78 is 0. The van der Waals surface area contributed by atoms with Gasteiger partial charge in [-0.05, 0) is 37.0 Å². The number of hydrogen-bond acceptors (Lipinski definition) is 3. The van der Waals surface area contributed by atoms with Crippen LogP contribution in [-0.4, -0.2) is 44.0 Å². The molecule has 0 spiro atoms. The van der Waals surface area contributed by atoms with Crippen molar-refractivity contribution in [3.05, 3.63) is 29.8 Å². The molecule has 1 aliphatic rings.